The molecule has 7 nitrogen and oxygen atoms in total. The summed E-state index contributed by atoms with van der Waals surface area (Å²) in [4.78, 5) is 24.9. The van der Waals surface area contributed by atoms with Crippen molar-refractivity contribution in [3.05, 3.63) is 102 Å². The van der Waals surface area contributed by atoms with Gasteiger partial charge in [-0.2, -0.15) is 0 Å². The van der Waals surface area contributed by atoms with Crippen molar-refractivity contribution >= 4 is 38.2 Å². The molecule has 4 aromatic rings. The second-order valence-corrected chi connectivity index (χ2v) is 9.11. The molecule has 172 valence electrons. The van der Waals surface area contributed by atoms with Crippen LogP contribution in [0.5, 0.6) is 5.75 Å². The van der Waals surface area contributed by atoms with E-state index < -0.39 is 22.6 Å². The highest BCUT2D eigenvalue weighted by Crippen LogP contribution is 2.21. The molecule has 0 bridgehead atoms. The molecule has 0 radical (unpaired) electrons. The van der Waals surface area contributed by atoms with E-state index >= 15 is 0 Å². The molecule has 0 aliphatic heterocycles. The van der Waals surface area contributed by atoms with Crippen molar-refractivity contribution in [2.45, 2.75) is 4.90 Å². The average Bonchev–Trinajstić information content (AvgIpc) is 2.87. The van der Waals surface area contributed by atoms with Crippen molar-refractivity contribution in [1.29, 1.82) is 0 Å². The lowest BCUT2D eigenvalue weighted by molar-refractivity contribution is 0.0474. The number of rotatable bonds is 8. The van der Waals surface area contributed by atoms with Crippen molar-refractivity contribution in [2.75, 3.05) is 18.4 Å². The molecular formula is C26H21NO6S. The Hall–Kier alpha value is -4.17. The zero-order chi connectivity index (χ0) is 24.1. The third kappa shape index (κ3) is 5.24. The van der Waals surface area contributed by atoms with Crippen LogP contribution >= 0.6 is 0 Å². The minimum absolute atomic E-state index is 0.0175. The first-order valence-corrected chi connectivity index (χ1v) is 11.8. The molecule has 8 heteroatoms. The van der Waals surface area contributed by atoms with E-state index in [1.807, 2.05) is 30.3 Å². The second-order valence-electron chi connectivity index (χ2n) is 7.42. The molecule has 0 spiro atoms. The van der Waals surface area contributed by atoms with Crippen LogP contribution in [0.1, 0.15) is 20.7 Å². The van der Waals surface area contributed by atoms with E-state index in [9.17, 15) is 18.0 Å². The number of nitrogens with one attached hydrogen (secondary N) is 1. The number of carbonyl (C=O) groups is 2. The fourth-order valence-corrected chi connectivity index (χ4v) is 4.43. The molecule has 0 unspecified atom stereocenters. The third-order valence-electron chi connectivity index (χ3n) is 5.13. The third-order valence-corrected chi connectivity index (χ3v) is 6.51. The van der Waals surface area contributed by atoms with Gasteiger partial charge in [-0.3, -0.25) is 9.52 Å². The van der Waals surface area contributed by atoms with Crippen molar-refractivity contribution < 1.29 is 27.5 Å². The summed E-state index contributed by atoms with van der Waals surface area (Å²) in [6.07, 6.45) is 0. The molecule has 4 rings (SSSR count). The van der Waals surface area contributed by atoms with Gasteiger partial charge < -0.3 is 9.47 Å². The first-order chi connectivity index (χ1) is 16.4. The topological polar surface area (TPSA) is 98.8 Å². The van der Waals surface area contributed by atoms with E-state index in [1.54, 1.807) is 36.4 Å². The molecule has 0 aromatic heterocycles. The number of fused-ring (bicyclic) bond motifs is 1. The summed E-state index contributed by atoms with van der Waals surface area (Å²) < 4.78 is 38.1. The zero-order valence-electron chi connectivity index (χ0n) is 18.2. The Labute approximate surface area is 197 Å². The fraction of sp³-hybridized carbons (Fsp3) is 0.0769. The van der Waals surface area contributed by atoms with Crippen LogP contribution < -0.4 is 9.46 Å². The molecule has 0 aliphatic carbocycles. The lowest BCUT2D eigenvalue weighted by Gasteiger charge is -2.10. The number of methoxy groups -OCH3 is 1. The maximum absolute atomic E-state index is 12.7. The van der Waals surface area contributed by atoms with Gasteiger partial charge in [-0.15, -0.1) is 0 Å². The Morgan fingerprint density at radius 3 is 2.26 bits per heavy atom. The summed E-state index contributed by atoms with van der Waals surface area (Å²) >= 11 is 0. The number of hydrogen-bond acceptors (Lipinski definition) is 6. The number of sulfonamides is 1. The monoisotopic (exact) mass is 475 g/mol. The van der Waals surface area contributed by atoms with Crippen molar-refractivity contribution in [3.8, 4) is 5.75 Å². The zero-order valence-corrected chi connectivity index (χ0v) is 19.0. The van der Waals surface area contributed by atoms with Crippen LogP contribution in [0.2, 0.25) is 0 Å². The summed E-state index contributed by atoms with van der Waals surface area (Å²) in [7, 11) is -2.44. The molecule has 1 N–H and O–H groups in total. The summed E-state index contributed by atoms with van der Waals surface area (Å²) in [5.74, 6) is -0.564. The SMILES string of the molecule is COc1ccc(NS(=O)(=O)c2cccc(C(=O)OCC(=O)c3ccc4ccccc4c3)c2)cc1. The Morgan fingerprint density at radius 2 is 1.53 bits per heavy atom. The summed E-state index contributed by atoms with van der Waals surface area (Å²) in [6.45, 7) is -0.460. The van der Waals surface area contributed by atoms with Crippen LogP contribution in [0, 0.1) is 0 Å². The summed E-state index contributed by atoms with van der Waals surface area (Å²) in [5, 5.41) is 1.90. The maximum atomic E-state index is 12.7. The van der Waals surface area contributed by atoms with E-state index in [4.69, 9.17) is 9.47 Å². The van der Waals surface area contributed by atoms with Gasteiger partial charge in [0.25, 0.3) is 10.0 Å². The summed E-state index contributed by atoms with van der Waals surface area (Å²) in [6, 6.07) is 24.7. The molecule has 0 amide bonds. The predicted molar refractivity (Wildman–Crippen MR) is 129 cm³/mol. The van der Waals surface area contributed by atoms with Crippen molar-refractivity contribution in [1.82, 2.24) is 0 Å². The van der Waals surface area contributed by atoms with E-state index in [1.165, 1.54) is 31.4 Å². The highest BCUT2D eigenvalue weighted by Gasteiger charge is 2.18. The van der Waals surface area contributed by atoms with Gasteiger partial charge in [0, 0.05) is 11.3 Å². The van der Waals surface area contributed by atoms with E-state index in [0.717, 1.165) is 10.8 Å². The van der Waals surface area contributed by atoms with Gasteiger partial charge in [-0.1, -0.05) is 42.5 Å². The van der Waals surface area contributed by atoms with Crippen LogP contribution in [-0.4, -0.2) is 33.9 Å². The van der Waals surface area contributed by atoms with Gasteiger partial charge in [0.05, 0.1) is 17.6 Å². The van der Waals surface area contributed by atoms with Crippen LogP contribution in [0.3, 0.4) is 0 Å². The van der Waals surface area contributed by atoms with Crippen LogP contribution in [-0.2, 0) is 14.8 Å². The Bertz CT molecular complexity index is 1460. The Balaban J connectivity index is 1.43. The molecule has 0 saturated carbocycles. The number of benzene rings is 4. The molecule has 0 fully saturated rings. The first-order valence-electron chi connectivity index (χ1n) is 10.3. The molecular weight excluding hydrogens is 454 g/mol. The smallest absolute Gasteiger partial charge is 0.338 e. The molecule has 34 heavy (non-hydrogen) atoms. The number of ketones is 1. The number of ether oxygens (including phenoxy) is 2. The van der Waals surface area contributed by atoms with Crippen molar-refractivity contribution in [2.24, 2.45) is 0 Å². The molecule has 0 heterocycles. The number of anilines is 1. The van der Waals surface area contributed by atoms with E-state index in [0.29, 0.717) is 17.0 Å². The highest BCUT2D eigenvalue weighted by atomic mass is 32.2. The number of Topliss-reactive ketones (excluding diaryl/α,β-unsaturated/α-hetero) is 1. The minimum atomic E-state index is -3.95. The van der Waals surface area contributed by atoms with E-state index in [-0.39, 0.29) is 16.2 Å². The van der Waals surface area contributed by atoms with Crippen LogP contribution in [0.25, 0.3) is 10.8 Å². The predicted octanol–water partition coefficient (Wildman–Crippen LogP) is 4.69. The Morgan fingerprint density at radius 1 is 0.794 bits per heavy atom. The van der Waals surface area contributed by atoms with E-state index in [2.05, 4.69) is 4.72 Å². The maximum Gasteiger partial charge on any atom is 0.338 e. The molecule has 0 saturated heterocycles. The first kappa shape index (κ1) is 23.0. The van der Waals surface area contributed by atoms with Gasteiger partial charge in [-0.25, -0.2) is 13.2 Å². The van der Waals surface area contributed by atoms with Gasteiger partial charge in [0.15, 0.2) is 12.4 Å². The van der Waals surface area contributed by atoms with Gasteiger partial charge in [0.2, 0.25) is 0 Å². The normalized spacial score (nSPS) is 11.1. The quantitative estimate of drug-likeness (QED) is 0.293. The van der Waals surface area contributed by atoms with Crippen LogP contribution in [0.15, 0.2) is 95.9 Å². The Kier molecular flexibility index (Phi) is 6.60. The number of hydrogen-bond donors (Lipinski definition) is 1. The standard InChI is InChI=1S/C26H21NO6S/c1-32-23-13-11-22(12-14-23)27-34(30,31)24-8-4-7-21(16-24)26(29)33-17-25(28)20-10-9-18-5-2-3-6-19(18)15-20/h2-16,27H,17H2,1H3. The van der Waals surface area contributed by atoms with Crippen LogP contribution in [0.4, 0.5) is 5.69 Å². The van der Waals surface area contributed by atoms with Gasteiger partial charge in [0.1, 0.15) is 5.75 Å². The largest absolute Gasteiger partial charge is 0.497 e. The minimum Gasteiger partial charge on any atom is -0.497 e. The number of carbonyl (C=O) groups excluding carboxylic acids is 2. The average molecular weight is 476 g/mol. The number of esters is 1. The highest BCUT2D eigenvalue weighted by molar-refractivity contribution is 7.92. The van der Waals surface area contributed by atoms with Gasteiger partial charge >= 0.3 is 5.97 Å². The molecule has 4 aromatic carbocycles. The molecule has 0 aliphatic rings. The lowest BCUT2D eigenvalue weighted by atomic mass is 10.0. The second kappa shape index (κ2) is 9.76. The van der Waals surface area contributed by atoms with Gasteiger partial charge in [-0.05, 0) is 59.3 Å². The summed E-state index contributed by atoms with van der Waals surface area (Å²) in [5.41, 5.74) is 0.783. The molecule has 0 atom stereocenters. The fourth-order valence-electron chi connectivity index (χ4n) is 3.32. The van der Waals surface area contributed by atoms with Crippen molar-refractivity contribution in [3.63, 3.8) is 0 Å². The lowest BCUT2D eigenvalue weighted by Crippen LogP contribution is -2.16.